The number of nitrogens with zero attached hydrogens (tertiary/aromatic N) is 2. The average Bonchev–Trinajstić information content (AvgIpc) is 2.45. The van der Waals surface area contributed by atoms with Crippen molar-refractivity contribution in [3.05, 3.63) is 30.6 Å². The molecule has 100 valence electrons. The minimum absolute atomic E-state index is 0.0913. The third-order valence-electron chi connectivity index (χ3n) is 2.55. The second-order valence-corrected chi connectivity index (χ2v) is 3.74. The van der Waals surface area contributed by atoms with Crippen molar-refractivity contribution < 1.29 is 14.6 Å². The number of aliphatic hydroxyl groups is 1. The third kappa shape index (κ3) is 2.92. The lowest BCUT2D eigenvalue weighted by Crippen LogP contribution is -2.06. The van der Waals surface area contributed by atoms with Gasteiger partial charge in [0.15, 0.2) is 0 Å². The molecule has 0 saturated heterocycles. The molecule has 0 amide bonds. The predicted octanol–water partition coefficient (Wildman–Crippen LogP) is 1.11. The number of ether oxygens (including phenoxy) is 2. The highest BCUT2D eigenvalue weighted by molar-refractivity contribution is 5.78. The van der Waals surface area contributed by atoms with Crippen LogP contribution in [0.15, 0.2) is 30.6 Å². The van der Waals surface area contributed by atoms with Crippen molar-refractivity contribution in [3.8, 4) is 22.8 Å². The molecule has 1 aromatic carbocycles. The molecule has 6 heteroatoms. The van der Waals surface area contributed by atoms with Crippen LogP contribution in [0.3, 0.4) is 0 Å². The number of aromatic nitrogens is 2. The monoisotopic (exact) mass is 261 g/mol. The zero-order valence-corrected chi connectivity index (χ0v) is 10.5. The summed E-state index contributed by atoms with van der Waals surface area (Å²) in [6, 6.07) is 7.33. The van der Waals surface area contributed by atoms with Gasteiger partial charge in [-0.3, -0.25) is 0 Å². The van der Waals surface area contributed by atoms with Gasteiger partial charge in [0.05, 0.1) is 19.3 Å². The predicted molar refractivity (Wildman–Crippen MR) is 71.0 cm³/mol. The van der Waals surface area contributed by atoms with Crippen LogP contribution in [0, 0.1) is 0 Å². The number of rotatable bonds is 5. The van der Waals surface area contributed by atoms with Crippen molar-refractivity contribution in [2.24, 2.45) is 0 Å². The van der Waals surface area contributed by atoms with E-state index in [9.17, 15) is 0 Å². The highest BCUT2D eigenvalue weighted by atomic mass is 16.5. The van der Waals surface area contributed by atoms with Gasteiger partial charge in [-0.05, 0) is 17.7 Å². The lowest BCUT2D eigenvalue weighted by Gasteiger charge is -2.11. The van der Waals surface area contributed by atoms with E-state index < -0.39 is 0 Å². The Balaban J connectivity index is 2.40. The van der Waals surface area contributed by atoms with Crippen molar-refractivity contribution >= 4 is 5.82 Å². The maximum absolute atomic E-state index is 8.81. The second kappa shape index (κ2) is 6.01. The summed E-state index contributed by atoms with van der Waals surface area (Å²) in [5, 5.41) is 8.81. The highest BCUT2D eigenvalue weighted by Gasteiger charge is 2.13. The van der Waals surface area contributed by atoms with E-state index >= 15 is 0 Å². The molecule has 0 saturated carbocycles. The lowest BCUT2D eigenvalue weighted by atomic mass is 10.1. The Labute approximate surface area is 110 Å². The van der Waals surface area contributed by atoms with E-state index in [4.69, 9.17) is 20.3 Å². The van der Waals surface area contributed by atoms with Crippen LogP contribution in [0.2, 0.25) is 0 Å². The van der Waals surface area contributed by atoms with Crippen LogP contribution in [0.5, 0.6) is 11.6 Å². The van der Waals surface area contributed by atoms with Gasteiger partial charge in [-0.2, -0.15) is 0 Å². The summed E-state index contributed by atoms with van der Waals surface area (Å²) in [4.78, 5) is 8.00. The van der Waals surface area contributed by atoms with Gasteiger partial charge in [0, 0.05) is 0 Å². The summed E-state index contributed by atoms with van der Waals surface area (Å²) in [6.45, 7) is 0.0611. The van der Waals surface area contributed by atoms with Gasteiger partial charge in [-0.15, -0.1) is 0 Å². The van der Waals surface area contributed by atoms with Crippen molar-refractivity contribution in [2.75, 3.05) is 26.1 Å². The van der Waals surface area contributed by atoms with Crippen LogP contribution < -0.4 is 15.2 Å². The van der Waals surface area contributed by atoms with Gasteiger partial charge in [0.25, 0.3) is 0 Å². The van der Waals surface area contributed by atoms with Crippen molar-refractivity contribution in [1.29, 1.82) is 0 Å². The zero-order chi connectivity index (χ0) is 13.7. The normalized spacial score (nSPS) is 10.2. The first-order valence-corrected chi connectivity index (χ1v) is 5.75. The van der Waals surface area contributed by atoms with E-state index in [-0.39, 0.29) is 13.2 Å². The largest absolute Gasteiger partial charge is 0.497 e. The molecule has 0 aliphatic carbocycles. The molecular weight excluding hydrogens is 246 g/mol. The van der Waals surface area contributed by atoms with Crippen LogP contribution >= 0.6 is 0 Å². The van der Waals surface area contributed by atoms with Crippen LogP contribution in [-0.2, 0) is 0 Å². The number of nitrogens with two attached hydrogens (primary N) is 1. The van der Waals surface area contributed by atoms with Gasteiger partial charge in [0.2, 0.25) is 5.88 Å². The maximum Gasteiger partial charge on any atom is 0.226 e. The first-order valence-electron chi connectivity index (χ1n) is 5.75. The number of anilines is 1. The topological polar surface area (TPSA) is 90.5 Å². The Morgan fingerprint density at radius 1 is 1.21 bits per heavy atom. The Morgan fingerprint density at radius 2 is 1.95 bits per heavy atom. The molecule has 2 rings (SSSR count). The highest BCUT2D eigenvalue weighted by Crippen LogP contribution is 2.32. The van der Waals surface area contributed by atoms with E-state index in [1.165, 1.54) is 6.33 Å². The van der Waals surface area contributed by atoms with E-state index in [0.29, 0.717) is 17.3 Å². The molecule has 1 aromatic heterocycles. The SMILES string of the molecule is COc1ccc(-c2c(N)ncnc2OCCO)cc1. The van der Waals surface area contributed by atoms with E-state index in [2.05, 4.69) is 9.97 Å². The van der Waals surface area contributed by atoms with Crippen molar-refractivity contribution in [1.82, 2.24) is 9.97 Å². The van der Waals surface area contributed by atoms with Gasteiger partial charge in [0.1, 0.15) is 24.5 Å². The average molecular weight is 261 g/mol. The molecule has 0 bridgehead atoms. The first-order chi connectivity index (χ1) is 9.26. The fraction of sp³-hybridized carbons (Fsp3) is 0.231. The summed E-state index contributed by atoms with van der Waals surface area (Å²) in [6.07, 6.45) is 1.33. The minimum Gasteiger partial charge on any atom is -0.497 e. The van der Waals surface area contributed by atoms with Crippen LogP contribution in [0.4, 0.5) is 5.82 Å². The molecule has 0 fully saturated rings. The fourth-order valence-electron chi connectivity index (χ4n) is 1.66. The minimum atomic E-state index is -0.0913. The number of benzene rings is 1. The molecule has 0 unspecified atom stereocenters. The summed E-state index contributed by atoms with van der Waals surface area (Å²) >= 11 is 0. The van der Waals surface area contributed by atoms with Crippen LogP contribution in [0.1, 0.15) is 0 Å². The second-order valence-electron chi connectivity index (χ2n) is 3.74. The molecular formula is C13H15N3O3. The smallest absolute Gasteiger partial charge is 0.226 e. The molecule has 19 heavy (non-hydrogen) atoms. The van der Waals surface area contributed by atoms with Crippen molar-refractivity contribution in [2.45, 2.75) is 0 Å². The molecule has 6 nitrogen and oxygen atoms in total. The number of methoxy groups -OCH3 is 1. The Hall–Kier alpha value is -2.34. The van der Waals surface area contributed by atoms with Gasteiger partial charge in [-0.1, -0.05) is 12.1 Å². The third-order valence-corrected chi connectivity index (χ3v) is 2.55. The van der Waals surface area contributed by atoms with Crippen LogP contribution in [-0.4, -0.2) is 35.4 Å². The van der Waals surface area contributed by atoms with E-state index in [0.717, 1.165) is 11.3 Å². The number of nitrogen functional groups attached to an aromatic ring is 1. The number of hydrogen-bond donors (Lipinski definition) is 2. The van der Waals surface area contributed by atoms with Gasteiger partial charge < -0.3 is 20.3 Å². The van der Waals surface area contributed by atoms with Crippen LogP contribution in [0.25, 0.3) is 11.1 Å². The van der Waals surface area contributed by atoms with E-state index in [1.807, 2.05) is 24.3 Å². The number of aliphatic hydroxyl groups excluding tert-OH is 1. The number of hydrogen-bond acceptors (Lipinski definition) is 6. The fourth-order valence-corrected chi connectivity index (χ4v) is 1.66. The lowest BCUT2D eigenvalue weighted by molar-refractivity contribution is 0.197. The maximum atomic E-state index is 8.81. The molecule has 3 N–H and O–H groups in total. The molecule has 1 heterocycles. The van der Waals surface area contributed by atoms with Crippen molar-refractivity contribution in [3.63, 3.8) is 0 Å². The van der Waals surface area contributed by atoms with E-state index in [1.54, 1.807) is 7.11 Å². The molecule has 0 spiro atoms. The standard InChI is InChI=1S/C13H15N3O3/c1-18-10-4-2-9(3-5-10)11-12(14)15-8-16-13(11)19-7-6-17/h2-5,8,17H,6-7H2,1H3,(H2,14,15,16). The summed E-state index contributed by atoms with van der Waals surface area (Å²) in [5.74, 6) is 1.43. The Morgan fingerprint density at radius 3 is 2.58 bits per heavy atom. The van der Waals surface area contributed by atoms with Gasteiger partial charge in [-0.25, -0.2) is 9.97 Å². The summed E-state index contributed by atoms with van der Waals surface area (Å²) in [7, 11) is 1.60. The van der Waals surface area contributed by atoms with Gasteiger partial charge >= 0.3 is 0 Å². The Bertz CT molecular complexity index is 543. The first kappa shape index (κ1) is 13.1. The molecule has 2 aromatic rings. The Kier molecular flexibility index (Phi) is 4.15. The molecule has 0 aliphatic heterocycles. The zero-order valence-electron chi connectivity index (χ0n) is 10.5. The molecule has 0 radical (unpaired) electrons. The quantitative estimate of drug-likeness (QED) is 0.837. The molecule has 0 atom stereocenters. The summed E-state index contributed by atoms with van der Waals surface area (Å²) in [5.41, 5.74) is 7.31. The summed E-state index contributed by atoms with van der Waals surface area (Å²) < 4.78 is 10.5. The molecule has 0 aliphatic rings.